The second-order valence-corrected chi connectivity index (χ2v) is 5.50. The third-order valence-electron chi connectivity index (χ3n) is 3.28. The number of cyclic esters (lactones) is 2. The van der Waals surface area contributed by atoms with Crippen LogP contribution in [0.1, 0.15) is 39.5 Å². The van der Waals surface area contributed by atoms with Crippen LogP contribution in [-0.2, 0) is 19.1 Å². The molecule has 1 rings (SSSR count). The zero-order valence-electron chi connectivity index (χ0n) is 13.0. The number of aliphatic hydroxyl groups is 2. The minimum Gasteiger partial charge on any atom is -0.460 e. The van der Waals surface area contributed by atoms with Crippen molar-refractivity contribution in [3.05, 3.63) is 24.3 Å². The molecule has 0 aliphatic carbocycles. The van der Waals surface area contributed by atoms with Crippen LogP contribution in [0.4, 0.5) is 0 Å². The van der Waals surface area contributed by atoms with Gasteiger partial charge in [-0.05, 0) is 51.7 Å². The molecule has 0 bridgehead atoms. The summed E-state index contributed by atoms with van der Waals surface area (Å²) in [5.74, 6) is -1.05. The molecule has 6 nitrogen and oxygen atoms in total. The maximum absolute atomic E-state index is 11.6. The molecule has 1 aliphatic rings. The minimum absolute atomic E-state index is 0.361. The monoisotopic (exact) mass is 312 g/mol. The molecule has 0 spiro atoms. The van der Waals surface area contributed by atoms with Crippen molar-refractivity contribution in [2.75, 3.05) is 0 Å². The second kappa shape index (κ2) is 9.38. The Morgan fingerprint density at radius 2 is 1.18 bits per heavy atom. The first-order chi connectivity index (χ1) is 10.4. The normalized spacial score (nSPS) is 35.3. The molecule has 0 fully saturated rings. The lowest BCUT2D eigenvalue weighted by Crippen LogP contribution is -2.18. The van der Waals surface area contributed by atoms with Gasteiger partial charge in [0.25, 0.3) is 0 Å². The van der Waals surface area contributed by atoms with Crippen LogP contribution >= 0.6 is 0 Å². The summed E-state index contributed by atoms with van der Waals surface area (Å²) in [5, 5.41) is 19.5. The quantitative estimate of drug-likeness (QED) is 0.654. The summed E-state index contributed by atoms with van der Waals surface area (Å²) in [6.45, 7) is 3.44. The van der Waals surface area contributed by atoms with E-state index < -0.39 is 24.1 Å². The van der Waals surface area contributed by atoms with E-state index in [1.807, 2.05) is 0 Å². The number of rotatable bonds is 0. The number of hydrogen-bond donors (Lipinski definition) is 2. The molecule has 1 heterocycles. The van der Waals surface area contributed by atoms with E-state index in [2.05, 4.69) is 0 Å². The van der Waals surface area contributed by atoms with Gasteiger partial charge in [0.2, 0.25) is 0 Å². The van der Waals surface area contributed by atoms with Crippen LogP contribution in [0.5, 0.6) is 0 Å². The highest BCUT2D eigenvalue weighted by atomic mass is 16.5. The van der Waals surface area contributed by atoms with Gasteiger partial charge in [-0.15, -0.1) is 0 Å². The van der Waals surface area contributed by atoms with Crippen LogP contribution < -0.4 is 0 Å². The Kier molecular flexibility index (Phi) is 7.84. The molecule has 0 saturated carbocycles. The van der Waals surface area contributed by atoms with E-state index in [1.165, 1.54) is 24.3 Å². The van der Waals surface area contributed by atoms with Gasteiger partial charge in [0.1, 0.15) is 0 Å². The van der Waals surface area contributed by atoms with Crippen molar-refractivity contribution in [1.29, 1.82) is 0 Å². The molecule has 0 radical (unpaired) electrons. The van der Waals surface area contributed by atoms with Crippen LogP contribution in [0.2, 0.25) is 0 Å². The Hall–Kier alpha value is -1.66. The maximum atomic E-state index is 11.6. The molecule has 1 aliphatic heterocycles. The van der Waals surface area contributed by atoms with Crippen LogP contribution in [0.25, 0.3) is 0 Å². The van der Waals surface area contributed by atoms with E-state index in [9.17, 15) is 19.8 Å². The summed E-state index contributed by atoms with van der Waals surface area (Å²) < 4.78 is 10.3. The number of ether oxygens (including phenoxy) is 2. The molecule has 6 heteroatoms. The Morgan fingerprint density at radius 1 is 0.818 bits per heavy atom. The highest BCUT2D eigenvalue weighted by Crippen LogP contribution is 2.10. The molecule has 0 amide bonds. The molecular weight excluding hydrogens is 288 g/mol. The minimum atomic E-state index is -0.797. The molecule has 0 unspecified atom stereocenters. The van der Waals surface area contributed by atoms with E-state index in [0.29, 0.717) is 25.7 Å². The third-order valence-corrected chi connectivity index (χ3v) is 3.28. The molecular formula is C16H24O6. The first kappa shape index (κ1) is 18.4. The predicted octanol–water partition coefficient (Wildman–Crippen LogP) is 1.26. The van der Waals surface area contributed by atoms with Gasteiger partial charge in [0, 0.05) is 12.2 Å². The van der Waals surface area contributed by atoms with E-state index >= 15 is 0 Å². The van der Waals surface area contributed by atoms with Crippen LogP contribution in [0.15, 0.2) is 24.3 Å². The predicted molar refractivity (Wildman–Crippen MR) is 79.9 cm³/mol. The Bertz CT molecular complexity index is 388. The summed E-state index contributed by atoms with van der Waals surface area (Å²) in [5.41, 5.74) is 0. The average molecular weight is 312 g/mol. The maximum Gasteiger partial charge on any atom is 0.330 e. The molecule has 2 N–H and O–H groups in total. The van der Waals surface area contributed by atoms with Gasteiger partial charge in [-0.2, -0.15) is 0 Å². The fourth-order valence-electron chi connectivity index (χ4n) is 1.98. The summed E-state index contributed by atoms with van der Waals surface area (Å²) in [4.78, 5) is 23.1. The van der Waals surface area contributed by atoms with Gasteiger partial charge >= 0.3 is 11.9 Å². The Morgan fingerprint density at radius 3 is 1.55 bits per heavy atom. The van der Waals surface area contributed by atoms with E-state index in [0.717, 1.165) is 0 Å². The zero-order valence-corrected chi connectivity index (χ0v) is 13.0. The lowest BCUT2D eigenvalue weighted by molar-refractivity contribution is -0.143. The van der Waals surface area contributed by atoms with Crippen molar-refractivity contribution in [1.82, 2.24) is 0 Å². The highest BCUT2D eigenvalue weighted by Gasteiger charge is 2.13. The highest BCUT2D eigenvalue weighted by molar-refractivity contribution is 5.82. The number of aliphatic hydroxyl groups excluding tert-OH is 2. The van der Waals surface area contributed by atoms with Crippen molar-refractivity contribution in [3.63, 3.8) is 0 Å². The van der Waals surface area contributed by atoms with Gasteiger partial charge in [-0.1, -0.05) is 0 Å². The topological polar surface area (TPSA) is 93.1 Å². The summed E-state index contributed by atoms with van der Waals surface area (Å²) in [6.07, 6.45) is 4.44. The van der Waals surface area contributed by atoms with Crippen LogP contribution in [0, 0.1) is 0 Å². The first-order valence-electron chi connectivity index (χ1n) is 7.50. The van der Waals surface area contributed by atoms with Crippen LogP contribution in [-0.4, -0.2) is 46.6 Å². The van der Waals surface area contributed by atoms with Crippen molar-refractivity contribution < 1.29 is 29.3 Å². The van der Waals surface area contributed by atoms with E-state index in [-0.39, 0.29) is 12.2 Å². The Labute approximate surface area is 130 Å². The number of hydrogen-bond acceptors (Lipinski definition) is 6. The SMILES string of the molecule is C[C@@H]1CC[C@H](O)/C=C/C(=O)O[C@H](C)CC[C@H](O)/C=C/C(=O)O1. The molecule has 22 heavy (non-hydrogen) atoms. The number of carbonyl (C=O) groups is 2. The van der Waals surface area contributed by atoms with Crippen molar-refractivity contribution in [2.24, 2.45) is 0 Å². The van der Waals surface area contributed by atoms with Gasteiger partial charge in [-0.3, -0.25) is 0 Å². The first-order valence-corrected chi connectivity index (χ1v) is 7.50. The lowest BCUT2D eigenvalue weighted by Gasteiger charge is -2.15. The fraction of sp³-hybridized carbons (Fsp3) is 0.625. The van der Waals surface area contributed by atoms with Crippen molar-refractivity contribution in [2.45, 2.75) is 63.9 Å². The Balaban J connectivity index is 2.70. The lowest BCUT2D eigenvalue weighted by atomic mass is 10.1. The molecule has 0 aromatic rings. The largest absolute Gasteiger partial charge is 0.460 e. The number of esters is 2. The zero-order chi connectivity index (χ0) is 16.5. The molecule has 0 aromatic heterocycles. The van der Waals surface area contributed by atoms with Crippen molar-refractivity contribution in [3.8, 4) is 0 Å². The van der Waals surface area contributed by atoms with Crippen LogP contribution in [0.3, 0.4) is 0 Å². The third kappa shape index (κ3) is 7.95. The van der Waals surface area contributed by atoms with E-state index in [1.54, 1.807) is 13.8 Å². The smallest absolute Gasteiger partial charge is 0.330 e. The average Bonchev–Trinajstić information content (AvgIpc) is 2.46. The van der Waals surface area contributed by atoms with Gasteiger partial charge in [0.15, 0.2) is 0 Å². The summed E-state index contributed by atoms with van der Waals surface area (Å²) in [6, 6.07) is 0. The molecule has 0 saturated heterocycles. The van der Waals surface area contributed by atoms with Gasteiger partial charge < -0.3 is 19.7 Å². The standard InChI is InChI=1S/C16H24O6/c1-11-3-5-13(17)8-10-16(20)22-12(2)4-6-14(18)7-9-15(19)21-11/h7-14,17-18H,3-6H2,1-2H3/b9-7+,10-8+/t11-,12-,13+,14+/m1/s1. The van der Waals surface area contributed by atoms with Gasteiger partial charge in [-0.25, -0.2) is 9.59 Å². The van der Waals surface area contributed by atoms with Crippen molar-refractivity contribution >= 4 is 11.9 Å². The summed E-state index contributed by atoms with van der Waals surface area (Å²) >= 11 is 0. The van der Waals surface area contributed by atoms with E-state index in [4.69, 9.17) is 9.47 Å². The molecule has 124 valence electrons. The molecule has 4 atom stereocenters. The summed E-state index contributed by atoms with van der Waals surface area (Å²) in [7, 11) is 0. The van der Waals surface area contributed by atoms with Gasteiger partial charge in [0.05, 0.1) is 24.4 Å². The number of carbonyl (C=O) groups excluding carboxylic acids is 2. The molecule has 0 aromatic carbocycles. The second-order valence-electron chi connectivity index (χ2n) is 5.50. The fourth-order valence-corrected chi connectivity index (χ4v) is 1.98.